The Balaban J connectivity index is 1.18. The van der Waals surface area contributed by atoms with E-state index in [2.05, 4.69) is 105 Å². The Labute approximate surface area is 335 Å². The summed E-state index contributed by atoms with van der Waals surface area (Å²) in [6.45, 7) is 2.78. The van der Waals surface area contributed by atoms with Crippen molar-refractivity contribution in [2.75, 3.05) is 19.8 Å². The zero-order valence-electron chi connectivity index (χ0n) is 33.0. The summed E-state index contributed by atoms with van der Waals surface area (Å²) in [5.74, 6) is 3.24. The first kappa shape index (κ1) is 36.5. The molecule has 7 aromatic rings. The highest BCUT2D eigenvalue weighted by atomic mass is 16.6. The second kappa shape index (κ2) is 16.6. The lowest BCUT2D eigenvalue weighted by atomic mass is 10.1. The molecular weight excluding hydrogens is 709 g/mol. The number of imidazole rings is 3. The van der Waals surface area contributed by atoms with E-state index >= 15 is 0 Å². The van der Waals surface area contributed by atoms with Gasteiger partial charge in [-0.1, -0.05) is 93.1 Å². The van der Waals surface area contributed by atoms with Crippen LogP contribution in [-0.2, 0) is 33.5 Å². The summed E-state index contributed by atoms with van der Waals surface area (Å²) in [6.07, 6.45) is 17.7. The monoisotopic (exact) mass is 762 g/mol. The van der Waals surface area contributed by atoms with Gasteiger partial charge >= 0.3 is 0 Å². The molecule has 0 bridgehead atoms. The predicted molar refractivity (Wildman–Crippen MR) is 226 cm³/mol. The van der Waals surface area contributed by atoms with Crippen molar-refractivity contribution in [2.24, 2.45) is 0 Å². The highest BCUT2D eigenvalue weighted by molar-refractivity contribution is 6.20. The normalized spacial score (nSPS) is 18.6. The fraction of sp³-hybridized carbons (Fsp3) is 0.438. The van der Waals surface area contributed by atoms with Crippen molar-refractivity contribution in [1.29, 1.82) is 0 Å². The number of fused-ring (bicyclic) bond motifs is 6. The molecule has 3 aliphatic rings. The minimum absolute atomic E-state index is 0.473. The molecule has 3 saturated heterocycles. The van der Waals surface area contributed by atoms with E-state index in [1.54, 1.807) is 0 Å². The van der Waals surface area contributed by atoms with Crippen LogP contribution in [-0.4, -0.2) is 66.8 Å². The number of aromatic nitrogens is 6. The molecule has 9 nitrogen and oxygen atoms in total. The van der Waals surface area contributed by atoms with E-state index in [1.807, 2.05) is 0 Å². The standard InChI is InChI=1S/C48H54N6O3/c1-7-19-34(20-8-1)52-40(28-16-4-13-25-37-31-55-37)49-43-46(52)44-48(53(35-21-9-2-10-22-35)41(50-44)29-17-5-14-26-38-32-56-38)45-47(43)54(36-23-11-3-12-24-36)42(51-45)30-18-6-15-27-39-33-57-39/h1-3,7-12,19-24,37-39H,4-6,13-18,25-33H2. The third-order valence-corrected chi connectivity index (χ3v) is 12.0. The lowest BCUT2D eigenvalue weighted by Gasteiger charge is -2.12. The Bertz CT molecular complexity index is 2120. The van der Waals surface area contributed by atoms with E-state index in [0.717, 1.165) is 165 Å². The molecule has 4 aromatic carbocycles. The van der Waals surface area contributed by atoms with Crippen LogP contribution < -0.4 is 0 Å². The van der Waals surface area contributed by atoms with Gasteiger partial charge in [0, 0.05) is 36.3 Å². The molecule has 294 valence electrons. The van der Waals surface area contributed by atoms with E-state index < -0.39 is 0 Å². The van der Waals surface area contributed by atoms with Crippen LogP contribution in [0.2, 0.25) is 0 Å². The van der Waals surface area contributed by atoms with Crippen molar-refractivity contribution in [3.05, 3.63) is 108 Å². The van der Waals surface area contributed by atoms with Gasteiger partial charge in [-0.15, -0.1) is 0 Å². The minimum atomic E-state index is 0.473. The average Bonchev–Trinajstić information content (AvgIpc) is 4.20. The average molecular weight is 763 g/mol. The zero-order chi connectivity index (χ0) is 38.0. The fourth-order valence-electron chi connectivity index (χ4n) is 8.82. The number of unbranched alkanes of at least 4 members (excludes halogenated alkanes) is 6. The number of para-hydroxylation sites is 3. The molecule has 0 saturated carbocycles. The van der Waals surface area contributed by atoms with Crippen molar-refractivity contribution in [3.63, 3.8) is 0 Å². The van der Waals surface area contributed by atoms with Gasteiger partial charge in [-0.05, 0) is 74.9 Å². The second-order valence-electron chi connectivity index (χ2n) is 16.4. The Morgan fingerprint density at radius 3 is 0.930 bits per heavy atom. The van der Waals surface area contributed by atoms with Crippen LogP contribution >= 0.6 is 0 Å². The molecule has 0 spiro atoms. The van der Waals surface area contributed by atoms with Gasteiger partial charge in [-0.2, -0.15) is 0 Å². The molecule has 3 atom stereocenters. The number of rotatable bonds is 21. The molecule has 3 aromatic heterocycles. The van der Waals surface area contributed by atoms with E-state index in [-0.39, 0.29) is 0 Å². The largest absolute Gasteiger partial charge is 0.373 e. The van der Waals surface area contributed by atoms with Gasteiger partial charge < -0.3 is 14.2 Å². The van der Waals surface area contributed by atoms with Gasteiger partial charge in [0.2, 0.25) is 0 Å². The van der Waals surface area contributed by atoms with Crippen LogP contribution in [0.15, 0.2) is 91.0 Å². The highest BCUT2D eigenvalue weighted by Crippen LogP contribution is 2.40. The van der Waals surface area contributed by atoms with Crippen LogP contribution in [0, 0.1) is 0 Å². The van der Waals surface area contributed by atoms with E-state index in [9.17, 15) is 0 Å². The Kier molecular flexibility index (Phi) is 10.6. The maximum atomic E-state index is 5.67. The lowest BCUT2D eigenvalue weighted by molar-refractivity contribution is 0.388. The number of aryl methyl sites for hydroxylation is 3. The minimum Gasteiger partial charge on any atom is -0.373 e. The van der Waals surface area contributed by atoms with Crippen molar-refractivity contribution < 1.29 is 14.2 Å². The molecule has 6 heterocycles. The SMILES string of the molecule is c1ccc(-n2c(CCCCCC3CO3)nc3c2c2nc(CCCCCC4CO4)n(-c4ccccc4)c2c2nc(CCCCCC4CO4)n(-c4ccccc4)c32)cc1. The predicted octanol–water partition coefficient (Wildman–Crippen LogP) is 10.2. The van der Waals surface area contributed by atoms with Crippen molar-refractivity contribution >= 4 is 33.1 Å². The first-order valence-corrected chi connectivity index (χ1v) is 21.7. The molecular formula is C48H54N6O3. The number of epoxide rings is 3. The van der Waals surface area contributed by atoms with Crippen LogP contribution in [0.1, 0.15) is 94.5 Å². The molecule has 0 aliphatic carbocycles. The van der Waals surface area contributed by atoms with Crippen LogP contribution in [0.5, 0.6) is 0 Å². The van der Waals surface area contributed by atoms with Crippen molar-refractivity contribution in [3.8, 4) is 17.1 Å². The van der Waals surface area contributed by atoms with Gasteiger partial charge in [-0.25, -0.2) is 15.0 Å². The number of benzene rings is 4. The highest BCUT2D eigenvalue weighted by Gasteiger charge is 2.30. The Hall–Kier alpha value is -4.83. The number of hydrogen-bond donors (Lipinski definition) is 0. The van der Waals surface area contributed by atoms with E-state index in [4.69, 9.17) is 29.2 Å². The third-order valence-electron chi connectivity index (χ3n) is 12.0. The number of nitrogens with zero attached hydrogens (tertiary/aromatic N) is 6. The molecule has 3 fully saturated rings. The molecule has 0 radical (unpaired) electrons. The van der Waals surface area contributed by atoms with Crippen LogP contribution in [0.3, 0.4) is 0 Å². The third kappa shape index (κ3) is 8.02. The summed E-state index contributed by atoms with van der Waals surface area (Å²) < 4.78 is 23.8. The molecule has 0 amide bonds. The van der Waals surface area contributed by atoms with Crippen LogP contribution in [0.4, 0.5) is 0 Å². The quantitative estimate of drug-likeness (QED) is 0.0535. The maximum Gasteiger partial charge on any atom is 0.118 e. The van der Waals surface area contributed by atoms with Gasteiger partial charge in [0.1, 0.15) is 50.6 Å². The molecule has 57 heavy (non-hydrogen) atoms. The summed E-state index contributed by atoms with van der Waals surface area (Å²) in [6, 6.07) is 32.4. The lowest BCUT2D eigenvalue weighted by Crippen LogP contribution is -2.03. The maximum absolute atomic E-state index is 5.67. The van der Waals surface area contributed by atoms with Gasteiger partial charge in [0.15, 0.2) is 0 Å². The van der Waals surface area contributed by atoms with Crippen molar-refractivity contribution in [2.45, 2.75) is 115 Å². The Morgan fingerprint density at radius 2 is 0.667 bits per heavy atom. The van der Waals surface area contributed by atoms with Crippen LogP contribution in [0.25, 0.3) is 50.2 Å². The molecule has 10 rings (SSSR count). The summed E-state index contributed by atoms with van der Waals surface area (Å²) in [5, 5.41) is 0. The van der Waals surface area contributed by atoms with E-state index in [0.29, 0.717) is 18.3 Å². The summed E-state index contributed by atoms with van der Waals surface area (Å²) in [5.41, 5.74) is 9.49. The Morgan fingerprint density at radius 1 is 0.386 bits per heavy atom. The van der Waals surface area contributed by atoms with Crippen molar-refractivity contribution in [1.82, 2.24) is 28.7 Å². The fourth-order valence-corrected chi connectivity index (χ4v) is 8.82. The number of hydrogen-bond acceptors (Lipinski definition) is 6. The first-order valence-electron chi connectivity index (χ1n) is 21.7. The van der Waals surface area contributed by atoms with Gasteiger partial charge in [0.25, 0.3) is 0 Å². The smallest absolute Gasteiger partial charge is 0.118 e. The number of ether oxygens (including phenoxy) is 3. The zero-order valence-corrected chi connectivity index (χ0v) is 33.0. The first-order chi connectivity index (χ1) is 28.3. The topological polar surface area (TPSA) is 91.1 Å². The molecule has 9 heteroatoms. The molecule has 0 N–H and O–H groups in total. The summed E-state index contributed by atoms with van der Waals surface area (Å²) >= 11 is 0. The molecule has 3 unspecified atom stereocenters. The second-order valence-corrected chi connectivity index (χ2v) is 16.4. The van der Waals surface area contributed by atoms with E-state index in [1.165, 1.54) is 19.3 Å². The summed E-state index contributed by atoms with van der Waals surface area (Å²) in [7, 11) is 0. The molecule has 3 aliphatic heterocycles. The summed E-state index contributed by atoms with van der Waals surface area (Å²) in [4.78, 5) is 17.0. The van der Waals surface area contributed by atoms with Gasteiger partial charge in [0.05, 0.1) is 38.1 Å². The van der Waals surface area contributed by atoms with Gasteiger partial charge in [-0.3, -0.25) is 13.7 Å².